The zero-order chi connectivity index (χ0) is 20.5. The third-order valence-corrected chi connectivity index (χ3v) is 5.07. The molecule has 1 N–H and O–H groups in total. The van der Waals surface area contributed by atoms with E-state index in [0.29, 0.717) is 13.2 Å². The van der Waals surface area contributed by atoms with Crippen LogP contribution < -0.4 is 4.74 Å². The molecule has 1 atom stereocenters. The predicted octanol–water partition coefficient (Wildman–Crippen LogP) is 4.72. The standard InChI is InChI=1S/C24H24BrNO3/c25-15-24(28)26(16-19-7-3-1-4-8-19)17-23(27)21-11-13-22(14-12-21)29-18-20-9-5-2-6-10-20/h1-14,23,27H,15-18H2/t23-/m1/s1. The molecule has 150 valence electrons. The van der Waals surface area contributed by atoms with Gasteiger partial charge in [0.15, 0.2) is 0 Å². The van der Waals surface area contributed by atoms with E-state index >= 15 is 0 Å². The van der Waals surface area contributed by atoms with Gasteiger partial charge in [-0.1, -0.05) is 88.7 Å². The maximum absolute atomic E-state index is 12.3. The number of aliphatic hydroxyl groups excluding tert-OH is 1. The molecule has 0 heterocycles. The summed E-state index contributed by atoms with van der Waals surface area (Å²) in [5.41, 5.74) is 2.87. The number of nitrogens with zero attached hydrogens (tertiary/aromatic N) is 1. The number of amides is 1. The molecule has 29 heavy (non-hydrogen) atoms. The van der Waals surface area contributed by atoms with Crippen LogP contribution in [0.5, 0.6) is 5.75 Å². The Bertz CT molecular complexity index is 885. The minimum Gasteiger partial charge on any atom is -0.489 e. The molecule has 0 spiro atoms. The van der Waals surface area contributed by atoms with E-state index in [1.54, 1.807) is 4.90 Å². The van der Waals surface area contributed by atoms with Crippen LogP contribution >= 0.6 is 15.9 Å². The molecule has 0 aromatic heterocycles. The molecule has 4 nitrogen and oxygen atoms in total. The lowest BCUT2D eigenvalue weighted by atomic mass is 10.1. The normalized spacial score (nSPS) is 11.7. The minimum absolute atomic E-state index is 0.0595. The van der Waals surface area contributed by atoms with Gasteiger partial charge in [-0.25, -0.2) is 0 Å². The van der Waals surface area contributed by atoms with Crippen LogP contribution in [-0.4, -0.2) is 27.8 Å². The molecule has 0 saturated carbocycles. The Morgan fingerprint density at radius 3 is 2.07 bits per heavy atom. The van der Waals surface area contributed by atoms with E-state index < -0.39 is 6.10 Å². The minimum atomic E-state index is -0.773. The number of alkyl halides is 1. The third kappa shape index (κ3) is 6.44. The summed E-state index contributed by atoms with van der Waals surface area (Å²) in [6, 6.07) is 27.1. The van der Waals surface area contributed by atoms with Crippen LogP contribution in [0.1, 0.15) is 22.8 Å². The van der Waals surface area contributed by atoms with Crippen molar-refractivity contribution in [1.82, 2.24) is 4.90 Å². The van der Waals surface area contributed by atoms with Gasteiger partial charge in [0.05, 0.1) is 18.0 Å². The molecule has 0 aliphatic carbocycles. The number of carbonyl (C=O) groups is 1. The van der Waals surface area contributed by atoms with Crippen molar-refractivity contribution in [3.8, 4) is 5.75 Å². The second-order valence-electron chi connectivity index (χ2n) is 6.75. The molecule has 5 heteroatoms. The highest BCUT2D eigenvalue weighted by atomic mass is 79.9. The Morgan fingerprint density at radius 1 is 0.897 bits per heavy atom. The fourth-order valence-corrected chi connectivity index (χ4v) is 3.34. The molecule has 1 amide bonds. The van der Waals surface area contributed by atoms with Gasteiger partial charge in [0.2, 0.25) is 5.91 Å². The Hall–Kier alpha value is -2.63. The van der Waals surface area contributed by atoms with Crippen molar-refractivity contribution in [2.45, 2.75) is 19.3 Å². The first-order chi connectivity index (χ1) is 14.2. The van der Waals surface area contributed by atoms with Crippen molar-refractivity contribution < 1.29 is 14.6 Å². The van der Waals surface area contributed by atoms with E-state index in [2.05, 4.69) is 15.9 Å². The van der Waals surface area contributed by atoms with Crippen LogP contribution in [0.4, 0.5) is 0 Å². The van der Waals surface area contributed by atoms with Crippen molar-refractivity contribution in [2.24, 2.45) is 0 Å². The molecule has 0 aliphatic rings. The molecule has 0 saturated heterocycles. The predicted molar refractivity (Wildman–Crippen MR) is 118 cm³/mol. The first-order valence-corrected chi connectivity index (χ1v) is 10.6. The Labute approximate surface area is 179 Å². The Balaban J connectivity index is 1.60. The molecule has 3 rings (SSSR count). The van der Waals surface area contributed by atoms with Crippen molar-refractivity contribution in [3.05, 3.63) is 102 Å². The molecule has 3 aromatic rings. The topological polar surface area (TPSA) is 49.8 Å². The molecule has 0 unspecified atom stereocenters. The molecule has 3 aromatic carbocycles. The van der Waals surface area contributed by atoms with Gasteiger partial charge in [0, 0.05) is 6.54 Å². The van der Waals surface area contributed by atoms with Crippen molar-refractivity contribution in [3.63, 3.8) is 0 Å². The monoisotopic (exact) mass is 453 g/mol. The summed E-state index contributed by atoms with van der Waals surface area (Å²) < 4.78 is 5.79. The maximum Gasteiger partial charge on any atom is 0.233 e. The van der Waals surface area contributed by atoms with Gasteiger partial charge in [-0.15, -0.1) is 0 Å². The number of aliphatic hydroxyl groups is 1. The summed E-state index contributed by atoms with van der Waals surface area (Å²) in [6.07, 6.45) is -0.773. The third-order valence-electron chi connectivity index (χ3n) is 4.59. The largest absolute Gasteiger partial charge is 0.489 e. The SMILES string of the molecule is O=C(CBr)N(Cc1ccccc1)C[C@@H](O)c1ccc(OCc2ccccc2)cc1. The number of hydrogen-bond acceptors (Lipinski definition) is 3. The lowest BCUT2D eigenvalue weighted by Gasteiger charge is -2.25. The zero-order valence-electron chi connectivity index (χ0n) is 16.1. The van der Waals surface area contributed by atoms with Crippen molar-refractivity contribution in [1.29, 1.82) is 0 Å². The molecule has 0 fully saturated rings. The summed E-state index contributed by atoms with van der Waals surface area (Å²) in [5, 5.41) is 10.9. The summed E-state index contributed by atoms with van der Waals surface area (Å²) in [6.45, 7) is 1.18. The number of carbonyl (C=O) groups excluding carboxylic acids is 1. The fraction of sp³-hybridized carbons (Fsp3) is 0.208. The van der Waals surface area contributed by atoms with Crippen LogP contribution in [0.3, 0.4) is 0 Å². The van der Waals surface area contributed by atoms with Gasteiger partial charge in [0.25, 0.3) is 0 Å². The van der Waals surface area contributed by atoms with Crippen LogP contribution in [-0.2, 0) is 17.9 Å². The summed E-state index contributed by atoms with van der Waals surface area (Å²) >= 11 is 3.23. The maximum atomic E-state index is 12.3. The van der Waals surface area contributed by atoms with Crippen LogP contribution in [0.2, 0.25) is 0 Å². The molecular formula is C24H24BrNO3. The van der Waals surface area contributed by atoms with Crippen LogP contribution in [0.25, 0.3) is 0 Å². The zero-order valence-corrected chi connectivity index (χ0v) is 17.7. The lowest BCUT2D eigenvalue weighted by molar-refractivity contribution is -0.130. The first-order valence-electron chi connectivity index (χ1n) is 9.48. The first kappa shape index (κ1) is 21.1. The summed E-state index contributed by atoms with van der Waals surface area (Å²) in [5.74, 6) is 0.679. The number of rotatable bonds is 9. The average Bonchev–Trinajstić information content (AvgIpc) is 2.78. The highest BCUT2D eigenvalue weighted by Crippen LogP contribution is 2.21. The smallest absolute Gasteiger partial charge is 0.233 e. The van der Waals surface area contributed by atoms with Gasteiger partial charge < -0.3 is 14.7 Å². The highest BCUT2D eigenvalue weighted by molar-refractivity contribution is 9.09. The lowest BCUT2D eigenvalue weighted by Crippen LogP contribution is -2.35. The van der Waals surface area contributed by atoms with Crippen LogP contribution in [0, 0.1) is 0 Å². The van der Waals surface area contributed by atoms with Gasteiger partial charge in [-0.05, 0) is 28.8 Å². The number of halogens is 1. The van der Waals surface area contributed by atoms with E-state index in [4.69, 9.17) is 4.74 Å². The average molecular weight is 454 g/mol. The van der Waals surface area contributed by atoms with E-state index in [9.17, 15) is 9.90 Å². The Morgan fingerprint density at radius 2 is 1.48 bits per heavy atom. The number of benzene rings is 3. The summed E-state index contributed by atoms with van der Waals surface area (Å²) in [7, 11) is 0. The second kappa shape index (κ2) is 10.8. The molecule has 0 bridgehead atoms. The highest BCUT2D eigenvalue weighted by Gasteiger charge is 2.18. The molecule has 0 aliphatic heterocycles. The van der Waals surface area contributed by atoms with E-state index in [1.807, 2.05) is 84.9 Å². The van der Waals surface area contributed by atoms with Gasteiger partial charge in [0.1, 0.15) is 12.4 Å². The Kier molecular flexibility index (Phi) is 7.85. The van der Waals surface area contributed by atoms with Gasteiger partial charge in [-0.3, -0.25) is 4.79 Å². The van der Waals surface area contributed by atoms with Crippen LogP contribution in [0.15, 0.2) is 84.9 Å². The van der Waals surface area contributed by atoms with E-state index in [-0.39, 0.29) is 17.8 Å². The molecule has 0 radical (unpaired) electrons. The van der Waals surface area contributed by atoms with Crippen molar-refractivity contribution >= 4 is 21.8 Å². The number of hydrogen-bond donors (Lipinski definition) is 1. The molecular weight excluding hydrogens is 430 g/mol. The van der Waals surface area contributed by atoms with Crippen molar-refractivity contribution in [2.75, 3.05) is 11.9 Å². The van der Waals surface area contributed by atoms with Gasteiger partial charge >= 0.3 is 0 Å². The van der Waals surface area contributed by atoms with Gasteiger partial charge in [-0.2, -0.15) is 0 Å². The van der Waals surface area contributed by atoms with E-state index in [0.717, 1.165) is 22.4 Å². The van der Waals surface area contributed by atoms with E-state index in [1.165, 1.54) is 0 Å². The summed E-state index contributed by atoms with van der Waals surface area (Å²) in [4.78, 5) is 14.0. The second-order valence-corrected chi connectivity index (χ2v) is 7.31. The quantitative estimate of drug-likeness (QED) is 0.476. The fourth-order valence-electron chi connectivity index (χ4n) is 2.98. The number of ether oxygens (including phenoxy) is 1.